The number of anilines is 1. The summed E-state index contributed by atoms with van der Waals surface area (Å²) >= 11 is 0. The number of amides is 1. The predicted octanol–water partition coefficient (Wildman–Crippen LogP) is 2.63. The number of nitriles is 1. The van der Waals surface area contributed by atoms with Gasteiger partial charge in [0, 0.05) is 38.0 Å². The molecule has 1 aliphatic heterocycles. The van der Waals surface area contributed by atoms with Gasteiger partial charge in [0.1, 0.15) is 11.9 Å². The van der Waals surface area contributed by atoms with E-state index in [1.54, 1.807) is 4.90 Å². The van der Waals surface area contributed by atoms with Gasteiger partial charge < -0.3 is 14.9 Å². The molecule has 0 atom stereocenters. The molecular weight excluding hydrogens is 356 g/mol. The zero-order chi connectivity index (χ0) is 20.3. The van der Waals surface area contributed by atoms with Crippen LogP contribution in [0.3, 0.4) is 0 Å². The Labute approximate surface area is 164 Å². The van der Waals surface area contributed by atoms with Crippen LogP contribution in [0.25, 0.3) is 10.9 Å². The van der Waals surface area contributed by atoms with Gasteiger partial charge in [0.05, 0.1) is 17.5 Å². The second kappa shape index (κ2) is 8.26. The number of aryl methyl sites for hydroxylation is 2. The molecule has 1 amide bonds. The number of rotatable bonds is 4. The molecule has 0 saturated carbocycles. The third kappa shape index (κ3) is 4.22. The number of carboxylic acids is 1. The fraction of sp³-hybridized carbons (Fsp3) is 0.429. The summed E-state index contributed by atoms with van der Waals surface area (Å²) in [6.45, 7) is 6.39. The molecule has 0 spiro atoms. The van der Waals surface area contributed by atoms with Gasteiger partial charge in [-0.15, -0.1) is 0 Å². The van der Waals surface area contributed by atoms with Crippen LogP contribution < -0.4 is 4.90 Å². The van der Waals surface area contributed by atoms with Crippen LogP contribution in [0.1, 0.15) is 36.0 Å². The number of carboxylic acid groups (broad SMARTS) is 1. The molecule has 7 nitrogen and oxygen atoms in total. The Morgan fingerprint density at radius 2 is 1.93 bits per heavy atom. The van der Waals surface area contributed by atoms with E-state index in [1.165, 1.54) is 0 Å². The first kappa shape index (κ1) is 19.6. The average molecular weight is 380 g/mol. The van der Waals surface area contributed by atoms with Crippen molar-refractivity contribution in [1.29, 1.82) is 5.26 Å². The molecule has 1 aromatic carbocycles. The maximum Gasteiger partial charge on any atom is 0.303 e. The molecule has 28 heavy (non-hydrogen) atoms. The third-order valence-electron chi connectivity index (χ3n) is 5.09. The first-order valence-corrected chi connectivity index (χ1v) is 9.45. The van der Waals surface area contributed by atoms with E-state index in [-0.39, 0.29) is 18.7 Å². The highest BCUT2D eigenvalue weighted by Crippen LogP contribution is 2.27. The Kier molecular flexibility index (Phi) is 5.78. The number of nitrogens with zero attached hydrogens (tertiary/aromatic N) is 4. The molecule has 0 radical (unpaired) electrons. The second-order valence-electron chi connectivity index (χ2n) is 7.23. The Bertz CT molecular complexity index is 964. The average Bonchev–Trinajstić information content (AvgIpc) is 2.91. The lowest BCUT2D eigenvalue weighted by molar-refractivity contribution is -0.140. The summed E-state index contributed by atoms with van der Waals surface area (Å²) < 4.78 is 0. The Hall–Kier alpha value is -3.14. The van der Waals surface area contributed by atoms with Crippen molar-refractivity contribution in [1.82, 2.24) is 9.88 Å². The van der Waals surface area contributed by atoms with Crippen LogP contribution in [-0.4, -0.2) is 53.0 Å². The van der Waals surface area contributed by atoms with Crippen LogP contribution in [0.5, 0.6) is 0 Å². The Balaban J connectivity index is 1.83. The van der Waals surface area contributed by atoms with Crippen molar-refractivity contribution in [2.75, 3.05) is 31.1 Å². The number of pyridine rings is 1. The summed E-state index contributed by atoms with van der Waals surface area (Å²) in [6, 6.07) is 8.26. The smallest absolute Gasteiger partial charge is 0.303 e. The van der Waals surface area contributed by atoms with Crippen molar-refractivity contribution in [3.8, 4) is 6.07 Å². The molecule has 1 N–H and O–H groups in total. The Morgan fingerprint density at radius 1 is 1.14 bits per heavy atom. The number of carbonyl (C=O) groups excluding carboxylic acids is 1. The molecule has 7 heteroatoms. The minimum atomic E-state index is -0.964. The fourth-order valence-electron chi connectivity index (χ4n) is 3.69. The lowest BCUT2D eigenvalue weighted by atomic mass is 10.0. The zero-order valence-corrected chi connectivity index (χ0v) is 16.2. The number of aliphatic carboxylic acids is 1. The van der Waals surface area contributed by atoms with Crippen molar-refractivity contribution >= 4 is 28.6 Å². The van der Waals surface area contributed by atoms with Crippen molar-refractivity contribution in [3.63, 3.8) is 0 Å². The van der Waals surface area contributed by atoms with Gasteiger partial charge in [-0.2, -0.15) is 5.26 Å². The van der Waals surface area contributed by atoms with Crippen LogP contribution in [-0.2, 0) is 9.59 Å². The Morgan fingerprint density at radius 3 is 2.64 bits per heavy atom. The molecule has 3 rings (SSSR count). The minimum absolute atomic E-state index is 0.0194. The monoisotopic (exact) mass is 380 g/mol. The molecule has 0 bridgehead atoms. The SMILES string of the molecule is Cc1cc(C)c2cc(C#N)c(N3CCCN(C(=O)CCC(=O)O)CC3)nc2c1. The molecule has 146 valence electrons. The summed E-state index contributed by atoms with van der Waals surface area (Å²) in [4.78, 5) is 31.5. The van der Waals surface area contributed by atoms with Gasteiger partial charge in [0.25, 0.3) is 0 Å². The summed E-state index contributed by atoms with van der Waals surface area (Å²) in [5.74, 6) is -0.447. The van der Waals surface area contributed by atoms with E-state index in [2.05, 4.69) is 17.0 Å². The predicted molar refractivity (Wildman–Crippen MR) is 106 cm³/mol. The first-order chi connectivity index (χ1) is 13.4. The largest absolute Gasteiger partial charge is 0.481 e. The van der Waals surface area contributed by atoms with Crippen LogP contribution in [0, 0.1) is 25.2 Å². The van der Waals surface area contributed by atoms with E-state index in [1.807, 2.05) is 26.0 Å². The number of hydrogen-bond donors (Lipinski definition) is 1. The molecule has 0 unspecified atom stereocenters. The van der Waals surface area contributed by atoms with Crippen LogP contribution in [0.4, 0.5) is 5.82 Å². The zero-order valence-electron chi connectivity index (χ0n) is 16.2. The van der Waals surface area contributed by atoms with E-state index >= 15 is 0 Å². The summed E-state index contributed by atoms with van der Waals surface area (Å²) in [7, 11) is 0. The van der Waals surface area contributed by atoms with Gasteiger partial charge in [-0.05, 0) is 43.5 Å². The lowest BCUT2D eigenvalue weighted by Gasteiger charge is -2.24. The highest BCUT2D eigenvalue weighted by Gasteiger charge is 2.22. The van der Waals surface area contributed by atoms with Gasteiger partial charge in [-0.25, -0.2) is 4.98 Å². The summed E-state index contributed by atoms with van der Waals surface area (Å²) in [5.41, 5.74) is 3.62. The minimum Gasteiger partial charge on any atom is -0.481 e. The van der Waals surface area contributed by atoms with Crippen molar-refractivity contribution in [3.05, 3.63) is 34.9 Å². The second-order valence-corrected chi connectivity index (χ2v) is 7.23. The third-order valence-corrected chi connectivity index (χ3v) is 5.09. The first-order valence-electron chi connectivity index (χ1n) is 9.45. The standard InChI is InChI=1S/C21H24N4O3/c1-14-10-15(2)17-12-16(13-22)21(23-18(17)11-14)25-7-3-6-24(8-9-25)19(26)4-5-20(27)28/h10-12H,3-9H2,1-2H3,(H,27,28). The van der Waals surface area contributed by atoms with Crippen molar-refractivity contribution in [2.24, 2.45) is 0 Å². The fourth-order valence-corrected chi connectivity index (χ4v) is 3.69. The van der Waals surface area contributed by atoms with Crippen LogP contribution >= 0.6 is 0 Å². The van der Waals surface area contributed by atoms with E-state index < -0.39 is 5.97 Å². The maximum absolute atomic E-state index is 12.2. The molecule has 1 saturated heterocycles. The quantitative estimate of drug-likeness (QED) is 0.876. The summed E-state index contributed by atoms with van der Waals surface area (Å²) in [5, 5.41) is 19.4. The van der Waals surface area contributed by atoms with E-state index in [0.29, 0.717) is 37.6 Å². The highest BCUT2D eigenvalue weighted by molar-refractivity contribution is 5.86. The lowest BCUT2D eigenvalue weighted by Crippen LogP contribution is -2.35. The number of fused-ring (bicyclic) bond motifs is 1. The van der Waals surface area contributed by atoms with Gasteiger partial charge in [-0.3, -0.25) is 9.59 Å². The highest BCUT2D eigenvalue weighted by atomic mass is 16.4. The van der Waals surface area contributed by atoms with E-state index in [4.69, 9.17) is 10.1 Å². The molecule has 1 aliphatic rings. The topological polar surface area (TPSA) is 97.5 Å². The number of hydrogen-bond acceptors (Lipinski definition) is 5. The maximum atomic E-state index is 12.2. The van der Waals surface area contributed by atoms with Crippen molar-refractivity contribution in [2.45, 2.75) is 33.1 Å². The normalized spacial score (nSPS) is 14.6. The molecule has 2 heterocycles. The van der Waals surface area contributed by atoms with Crippen LogP contribution in [0.15, 0.2) is 18.2 Å². The van der Waals surface area contributed by atoms with Gasteiger partial charge >= 0.3 is 5.97 Å². The van der Waals surface area contributed by atoms with Gasteiger partial charge in [0.15, 0.2) is 0 Å². The van der Waals surface area contributed by atoms with Crippen LogP contribution in [0.2, 0.25) is 0 Å². The molecule has 1 aromatic heterocycles. The molecule has 1 fully saturated rings. The van der Waals surface area contributed by atoms with Crippen molar-refractivity contribution < 1.29 is 14.7 Å². The van der Waals surface area contributed by atoms with E-state index in [0.717, 1.165) is 28.5 Å². The number of aromatic nitrogens is 1. The number of benzene rings is 1. The molecular formula is C21H24N4O3. The van der Waals surface area contributed by atoms with Gasteiger partial charge in [-0.1, -0.05) is 6.07 Å². The summed E-state index contributed by atoms with van der Waals surface area (Å²) in [6.07, 6.45) is 0.615. The number of carbonyl (C=O) groups is 2. The molecule has 2 aromatic rings. The molecule has 0 aliphatic carbocycles. The van der Waals surface area contributed by atoms with Gasteiger partial charge in [0.2, 0.25) is 5.91 Å². The van der Waals surface area contributed by atoms with E-state index in [9.17, 15) is 14.9 Å².